The van der Waals surface area contributed by atoms with E-state index in [1.165, 1.54) is 18.3 Å². The number of hydrogen-bond acceptors (Lipinski definition) is 4. The molecule has 0 fully saturated rings. The predicted octanol–water partition coefficient (Wildman–Crippen LogP) is 2.70. The first-order valence-electron chi connectivity index (χ1n) is 7.55. The lowest BCUT2D eigenvalue weighted by atomic mass is 9.92. The van der Waals surface area contributed by atoms with Gasteiger partial charge in [-0.25, -0.2) is 19.2 Å². The van der Waals surface area contributed by atoms with Crippen LogP contribution in [0, 0.1) is 18.6 Å². The molecular formula is C18H16BF2N3O2. The summed E-state index contributed by atoms with van der Waals surface area (Å²) in [6.45, 7) is 8.95. The highest BCUT2D eigenvalue weighted by Gasteiger charge is 2.22. The molecule has 1 heterocycles. The summed E-state index contributed by atoms with van der Waals surface area (Å²) in [6.07, 6.45) is 4.44. The van der Waals surface area contributed by atoms with Gasteiger partial charge in [-0.3, -0.25) is 9.63 Å². The van der Waals surface area contributed by atoms with Crippen molar-refractivity contribution in [3.8, 4) is 0 Å². The number of halogens is 2. The Morgan fingerprint density at radius 1 is 1.35 bits per heavy atom. The number of nitrogens with one attached hydrogen (secondary N) is 2. The number of amides is 1. The smallest absolute Gasteiger partial charge is 0.277 e. The number of anilines is 2. The van der Waals surface area contributed by atoms with Gasteiger partial charge in [-0.2, -0.15) is 0 Å². The zero-order valence-electron chi connectivity index (χ0n) is 14.1. The minimum atomic E-state index is -1.31. The van der Waals surface area contributed by atoms with E-state index < -0.39 is 28.7 Å². The summed E-state index contributed by atoms with van der Waals surface area (Å²) in [6, 6.07) is 2.76. The van der Waals surface area contributed by atoms with E-state index in [1.54, 1.807) is 6.07 Å². The summed E-state index contributed by atoms with van der Waals surface area (Å²) in [5.41, 5.74) is 2.33. The number of pyridine rings is 1. The van der Waals surface area contributed by atoms with Crippen molar-refractivity contribution in [1.82, 2.24) is 10.5 Å². The van der Waals surface area contributed by atoms with Crippen LogP contribution in [0.25, 0.3) is 6.08 Å². The number of aryl methyl sites for hydroxylation is 1. The zero-order valence-corrected chi connectivity index (χ0v) is 14.1. The molecule has 0 aliphatic carbocycles. The van der Waals surface area contributed by atoms with E-state index in [2.05, 4.69) is 28.9 Å². The molecule has 2 radical (unpaired) electrons. The van der Waals surface area contributed by atoms with Gasteiger partial charge in [-0.05, 0) is 18.6 Å². The summed E-state index contributed by atoms with van der Waals surface area (Å²) < 4.78 is 28.4. The van der Waals surface area contributed by atoms with Gasteiger partial charge in [0.2, 0.25) is 0 Å². The highest BCUT2D eigenvalue weighted by Crippen LogP contribution is 2.27. The first-order chi connectivity index (χ1) is 12.4. The highest BCUT2D eigenvalue weighted by molar-refractivity contribution is 6.33. The number of hydroxylamine groups is 1. The monoisotopic (exact) mass is 355 g/mol. The summed E-state index contributed by atoms with van der Waals surface area (Å²) in [4.78, 5) is 21.2. The van der Waals surface area contributed by atoms with Crippen molar-refractivity contribution in [2.24, 2.45) is 0 Å². The molecule has 2 N–H and O–H groups in total. The van der Waals surface area contributed by atoms with Crippen LogP contribution in [0.1, 0.15) is 21.5 Å². The van der Waals surface area contributed by atoms with Crippen LogP contribution in [0.15, 0.2) is 37.6 Å². The maximum Gasteiger partial charge on any atom is 0.277 e. The maximum atomic E-state index is 14.5. The lowest BCUT2D eigenvalue weighted by Crippen LogP contribution is -2.27. The normalized spacial score (nSPS) is 10.3. The molecule has 8 heteroatoms. The van der Waals surface area contributed by atoms with E-state index in [0.717, 1.165) is 11.6 Å². The second-order valence-electron chi connectivity index (χ2n) is 5.33. The molecule has 0 unspecified atom stereocenters. The topological polar surface area (TPSA) is 63.2 Å². The molecule has 26 heavy (non-hydrogen) atoms. The molecule has 1 amide bonds. The van der Waals surface area contributed by atoms with Crippen LogP contribution in [0.5, 0.6) is 0 Å². The van der Waals surface area contributed by atoms with Gasteiger partial charge < -0.3 is 5.32 Å². The summed E-state index contributed by atoms with van der Waals surface area (Å²) in [5.74, 6) is -3.19. The van der Waals surface area contributed by atoms with Crippen molar-refractivity contribution in [2.45, 2.75) is 6.92 Å². The lowest BCUT2D eigenvalue weighted by molar-refractivity contribution is 0.0422. The SMILES string of the molecule is [B]c1cc(C(=O)NOCC=C)c(Nc2ncc(C)cc2C=C)c(F)c1F. The molecule has 1 aromatic heterocycles. The average Bonchev–Trinajstić information content (AvgIpc) is 2.63. The molecule has 0 atom stereocenters. The number of carbonyl (C=O) groups is 1. The van der Waals surface area contributed by atoms with Crippen molar-refractivity contribution in [2.75, 3.05) is 11.9 Å². The van der Waals surface area contributed by atoms with Crippen molar-refractivity contribution < 1.29 is 18.4 Å². The Balaban J connectivity index is 2.49. The third kappa shape index (κ3) is 4.15. The first-order valence-corrected chi connectivity index (χ1v) is 7.55. The molecule has 0 bridgehead atoms. The van der Waals surface area contributed by atoms with Gasteiger partial charge >= 0.3 is 0 Å². The molecule has 5 nitrogen and oxygen atoms in total. The molecule has 132 valence electrons. The minimum Gasteiger partial charge on any atom is -0.337 e. The van der Waals surface area contributed by atoms with Crippen LogP contribution in [0.3, 0.4) is 0 Å². The molecule has 2 aromatic rings. The number of rotatable bonds is 7. The van der Waals surface area contributed by atoms with E-state index in [0.29, 0.717) is 5.56 Å². The van der Waals surface area contributed by atoms with Crippen LogP contribution < -0.4 is 16.3 Å². The Morgan fingerprint density at radius 2 is 2.08 bits per heavy atom. The van der Waals surface area contributed by atoms with Gasteiger partial charge in [0.25, 0.3) is 5.91 Å². The quantitative estimate of drug-likeness (QED) is 0.347. The molecule has 2 rings (SSSR count). The van der Waals surface area contributed by atoms with E-state index >= 15 is 0 Å². The summed E-state index contributed by atoms with van der Waals surface area (Å²) >= 11 is 0. The van der Waals surface area contributed by atoms with E-state index in [1.807, 2.05) is 6.92 Å². The van der Waals surface area contributed by atoms with Crippen LogP contribution in [-0.2, 0) is 4.84 Å². The van der Waals surface area contributed by atoms with Gasteiger partial charge in [-0.1, -0.05) is 30.3 Å². The third-order valence-corrected chi connectivity index (χ3v) is 3.36. The number of benzene rings is 1. The molecule has 0 aliphatic heterocycles. The van der Waals surface area contributed by atoms with Gasteiger partial charge in [-0.15, -0.1) is 6.58 Å². The molecule has 1 aromatic carbocycles. The number of nitrogens with zero attached hydrogens (tertiary/aromatic N) is 1. The Hall–Kier alpha value is -3.00. The number of carbonyl (C=O) groups excluding carboxylic acids is 1. The van der Waals surface area contributed by atoms with Crippen molar-refractivity contribution in [3.05, 3.63) is 65.9 Å². The van der Waals surface area contributed by atoms with E-state index in [4.69, 9.17) is 12.7 Å². The number of hydrogen-bond donors (Lipinski definition) is 2. The second kappa shape index (κ2) is 8.40. The summed E-state index contributed by atoms with van der Waals surface area (Å²) in [5, 5.41) is 2.64. The molecular weight excluding hydrogens is 339 g/mol. The molecule has 0 saturated carbocycles. The fraction of sp³-hybridized carbons (Fsp3) is 0.111. The third-order valence-electron chi connectivity index (χ3n) is 3.36. The van der Waals surface area contributed by atoms with Crippen LogP contribution in [0.4, 0.5) is 20.3 Å². The molecule has 0 spiro atoms. The fourth-order valence-electron chi connectivity index (χ4n) is 2.14. The Morgan fingerprint density at radius 3 is 2.73 bits per heavy atom. The Labute approximate surface area is 151 Å². The lowest BCUT2D eigenvalue weighted by Gasteiger charge is -2.16. The number of aromatic nitrogens is 1. The Bertz CT molecular complexity index is 872. The van der Waals surface area contributed by atoms with Crippen molar-refractivity contribution in [1.29, 1.82) is 0 Å². The van der Waals surface area contributed by atoms with Gasteiger partial charge in [0.05, 0.1) is 17.9 Å². The molecule has 0 aliphatic rings. The summed E-state index contributed by atoms with van der Waals surface area (Å²) in [7, 11) is 5.44. The predicted molar refractivity (Wildman–Crippen MR) is 97.7 cm³/mol. The Kier molecular flexibility index (Phi) is 6.24. The van der Waals surface area contributed by atoms with E-state index in [-0.39, 0.29) is 18.0 Å². The minimum absolute atomic E-state index is 0.0355. The molecule has 0 saturated heterocycles. The van der Waals surface area contributed by atoms with Crippen LogP contribution in [0.2, 0.25) is 0 Å². The maximum absolute atomic E-state index is 14.5. The van der Waals surface area contributed by atoms with Gasteiger partial charge in [0.1, 0.15) is 13.7 Å². The van der Waals surface area contributed by atoms with Gasteiger partial charge in [0.15, 0.2) is 11.6 Å². The highest BCUT2D eigenvalue weighted by atomic mass is 19.2. The first kappa shape index (κ1) is 19.3. The van der Waals surface area contributed by atoms with Crippen molar-refractivity contribution in [3.63, 3.8) is 0 Å². The van der Waals surface area contributed by atoms with Gasteiger partial charge in [0, 0.05) is 11.8 Å². The van der Waals surface area contributed by atoms with E-state index in [9.17, 15) is 13.6 Å². The second-order valence-corrected chi connectivity index (χ2v) is 5.33. The van der Waals surface area contributed by atoms with Crippen LogP contribution >= 0.6 is 0 Å². The fourth-order valence-corrected chi connectivity index (χ4v) is 2.14. The van der Waals surface area contributed by atoms with Crippen LogP contribution in [-0.4, -0.2) is 25.3 Å². The zero-order chi connectivity index (χ0) is 19.3. The standard InChI is InChI=1S/C18H16BF2N3O2/c1-4-6-26-24-18(25)12-8-13(19)14(20)15(21)16(12)23-17-11(5-2)7-10(3)9-22-17/h4-5,7-9H,1-2,6H2,3H3,(H,22,23)(H,24,25). The van der Waals surface area contributed by atoms with Crippen molar-refractivity contribution >= 4 is 36.8 Å². The largest absolute Gasteiger partial charge is 0.337 e. The average molecular weight is 355 g/mol.